The fraction of sp³-hybridized carbons (Fsp3) is 0.167. The molecule has 0 spiro atoms. The number of H-pyrrole nitrogens is 1. The third kappa shape index (κ3) is 3.86. The Hall–Kier alpha value is -2.11. The topological polar surface area (TPSA) is 39.8 Å². The zero-order valence-corrected chi connectivity index (χ0v) is 14.7. The van der Waals surface area contributed by atoms with Crippen LogP contribution in [0.2, 0.25) is 5.02 Å². The van der Waals surface area contributed by atoms with Crippen LogP contribution < -0.4 is 10.6 Å². The summed E-state index contributed by atoms with van der Waals surface area (Å²) in [5, 5.41) is 8.48. The standard InChI is InChI=1S/C18H17ClFN3S/c1-11-8-13(19)2-4-16(11)23-18(24)21-7-6-12-10-22-17-5-3-14(20)9-15(12)17/h2-5,8-10,22H,6-7H2,1H3,(H2,21,23,24). The molecule has 0 saturated heterocycles. The van der Waals surface area contributed by atoms with Gasteiger partial charge < -0.3 is 15.6 Å². The van der Waals surface area contributed by atoms with Gasteiger partial charge in [0.1, 0.15) is 5.82 Å². The number of hydrogen-bond acceptors (Lipinski definition) is 1. The van der Waals surface area contributed by atoms with Gasteiger partial charge in [0.2, 0.25) is 0 Å². The Morgan fingerprint density at radius 2 is 2.08 bits per heavy atom. The third-order valence-electron chi connectivity index (χ3n) is 3.85. The molecule has 1 aromatic heterocycles. The number of nitrogens with one attached hydrogen (secondary N) is 3. The molecule has 2 aromatic carbocycles. The van der Waals surface area contributed by atoms with Gasteiger partial charge >= 0.3 is 0 Å². The summed E-state index contributed by atoms with van der Waals surface area (Å²) in [6, 6.07) is 10.3. The van der Waals surface area contributed by atoms with Crippen LogP contribution in [0.5, 0.6) is 0 Å². The lowest BCUT2D eigenvalue weighted by Crippen LogP contribution is -2.30. The molecular weight excluding hydrogens is 345 g/mol. The first-order valence-electron chi connectivity index (χ1n) is 7.59. The Bertz CT molecular complexity index is 891. The molecule has 0 bridgehead atoms. The highest BCUT2D eigenvalue weighted by Crippen LogP contribution is 2.20. The fourth-order valence-corrected chi connectivity index (χ4v) is 3.04. The normalized spacial score (nSPS) is 10.8. The fourth-order valence-electron chi connectivity index (χ4n) is 2.60. The number of fused-ring (bicyclic) bond motifs is 1. The van der Waals surface area contributed by atoms with Crippen molar-refractivity contribution < 1.29 is 4.39 Å². The van der Waals surface area contributed by atoms with Crippen LogP contribution in [-0.4, -0.2) is 16.6 Å². The lowest BCUT2D eigenvalue weighted by atomic mass is 10.1. The number of thiocarbonyl (C=S) groups is 1. The molecule has 3 rings (SSSR count). The van der Waals surface area contributed by atoms with Crippen molar-refractivity contribution >= 4 is 45.5 Å². The van der Waals surface area contributed by atoms with Crippen molar-refractivity contribution in [1.29, 1.82) is 0 Å². The molecule has 3 aromatic rings. The highest BCUT2D eigenvalue weighted by Gasteiger charge is 2.06. The lowest BCUT2D eigenvalue weighted by molar-refractivity contribution is 0.629. The number of aromatic nitrogens is 1. The van der Waals surface area contributed by atoms with Crippen molar-refractivity contribution in [3.8, 4) is 0 Å². The van der Waals surface area contributed by atoms with Gasteiger partial charge in [-0.05, 0) is 73.1 Å². The highest BCUT2D eigenvalue weighted by atomic mass is 35.5. The van der Waals surface area contributed by atoms with E-state index in [0.29, 0.717) is 16.7 Å². The summed E-state index contributed by atoms with van der Waals surface area (Å²) >= 11 is 11.3. The first-order valence-corrected chi connectivity index (χ1v) is 8.38. The molecule has 24 heavy (non-hydrogen) atoms. The molecule has 0 atom stereocenters. The van der Waals surface area contributed by atoms with Gasteiger partial charge in [-0.3, -0.25) is 0 Å². The van der Waals surface area contributed by atoms with Crippen LogP contribution in [0.3, 0.4) is 0 Å². The van der Waals surface area contributed by atoms with Crippen molar-refractivity contribution in [3.63, 3.8) is 0 Å². The average Bonchev–Trinajstić information content (AvgIpc) is 2.92. The second-order valence-electron chi connectivity index (χ2n) is 5.59. The summed E-state index contributed by atoms with van der Waals surface area (Å²) < 4.78 is 13.4. The first-order chi connectivity index (χ1) is 11.5. The van der Waals surface area contributed by atoms with Crippen LogP contribution in [0.1, 0.15) is 11.1 Å². The Morgan fingerprint density at radius 3 is 2.88 bits per heavy atom. The van der Waals surface area contributed by atoms with Crippen molar-refractivity contribution in [1.82, 2.24) is 10.3 Å². The first kappa shape index (κ1) is 16.7. The SMILES string of the molecule is Cc1cc(Cl)ccc1NC(=S)NCCc1c[nH]c2ccc(F)cc12. The number of rotatable bonds is 4. The summed E-state index contributed by atoms with van der Waals surface area (Å²) in [5.74, 6) is -0.230. The van der Waals surface area contributed by atoms with Crippen LogP contribution in [0.4, 0.5) is 10.1 Å². The summed E-state index contributed by atoms with van der Waals surface area (Å²) in [4.78, 5) is 3.15. The Balaban J connectivity index is 1.57. The Labute approximate surface area is 150 Å². The van der Waals surface area contributed by atoms with Gasteiger partial charge in [0.05, 0.1) is 0 Å². The van der Waals surface area contributed by atoms with E-state index in [2.05, 4.69) is 15.6 Å². The molecule has 6 heteroatoms. The van der Waals surface area contributed by atoms with Crippen LogP contribution >= 0.6 is 23.8 Å². The van der Waals surface area contributed by atoms with Gasteiger partial charge in [-0.1, -0.05) is 11.6 Å². The molecular formula is C18H17ClFN3S. The Kier molecular flexibility index (Phi) is 5.02. The van der Waals surface area contributed by atoms with Crippen LogP contribution in [0, 0.1) is 12.7 Å². The second-order valence-corrected chi connectivity index (χ2v) is 6.44. The van der Waals surface area contributed by atoms with E-state index in [-0.39, 0.29) is 5.82 Å². The maximum atomic E-state index is 13.4. The minimum atomic E-state index is -0.230. The van der Waals surface area contributed by atoms with E-state index in [1.807, 2.05) is 31.3 Å². The predicted molar refractivity (Wildman–Crippen MR) is 102 cm³/mol. The molecule has 0 aliphatic carbocycles. The van der Waals surface area contributed by atoms with Crippen molar-refractivity contribution in [2.24, 2.45) is 0 Å². The predicted octanol–water partition coefficient (Wildman–Crippen LogP) is 4.80. The Morgan fingerprint density at radius 1 is 1.25 bits per heavy atom. The zero-order chi connectivity index (χ0) is 17.1. The number of halogens is 2. The van der Waals surface area contributed by atoms with E-state index < -0.39 is 0 Å². The molecule has 0 radical (unpaired) electrons. The molecule has 0 saturated carbocycles. The number of hydrogen-bond donors (Lipinski definition) is 3. The number of anilines is 1. The quantitative estimate of drug-likeness (QED) is 0.585. The maximum Gasteiger partial charge on any atom is 0.170 e. The summed E-state index contributed by atoms with van der Waals surface area (Å²) in [7, 11) is 0. The number of aromatic amines is 1. The molecule has 0 amide bonds. The third-order valence-corrected chi connectivity index (χ3v) is 4.33. The van der Waals surface area contributed by atoms with Gasteiger partial charge in [0, 0.05) is 34.4 Å². The van der Waals surface area contributed by atoms with Crippen LogP contribution in [0.25, 0.3) is 10.9 Å². The van der Waals surface area contributed by atoms with Gasteiger partial charge in [0.15, 0.2) is 5.11 Å². The minimum Gasteiger partial charge on any atom is -0.362 e. The van der Waals surface area contributed by atoms with E-state index in [1.165, 1.54) is 6.07 Å². The molecule has 124 valence electrons. The largest absolute Gasteiger partial charge is 0.362 e. The molecule has 0 fully saturated rings. The van der Waals surface area contributed by atoms with Crippen molar-refractivity contribution in [3.05, 3.63) is 64.6 Å². The summed E-state index contributed by atoms with van der Waals surface area (Å²) in [6.07, 6.45) is 2.65. The number of aryl methyl sites for hydroxylation is 1. The van der Waals surface area contributed by atoms with Crippen molar-refractivity contribution in [2.45, 2.75) is 13.3 Å². The van der Waals surface area contributed by atoms with Gasteiger partial charge in [-0.25, -0.2) is 4.39 Å². The monoisotopic (exact) mass is 361 g/mol. The maximum absolute atomic E-state index is 13.4. The second kappa shape index (κ2) is 7.20. The molecule has 0 unspecified atom stereocenters. The zero-order valence-electron chi connectivity index (χ0n) is 13.1. The van der Waals surface area contributed by atoms with E-state index in [4.69, 9.17) is 23.8 Å². The average molecular weight is 362 g/mol. The van der Waals surface area contributed by atoms with E-state index in [0.717, 1.165) is 34.1 Å². The van der Waals surface area contributed by atoms with Crippen LogP contribution in [0.15, 0.2) is 42.6 Å². The molecule has 0 aliphatic heterocycles. The van der Waals surface area contributed by atoms with E-state index >= 15 is 0 Å². The summed E-state index contributed by atoms with van der Waals surface area (Å²) in [5.41, 5.74) is 3.94. The smallest absolute Gasteiger partial charge is 0.170 e. The van der Waals surface area contributed by atoms with E-state index in [9.17, 15) is 4.39 Å². The molecule has 0 aliphatic rings. The van der Waals surface area contributed by atoms with Gasteiger partial charge in [-0.15, -0.1) is 0 Å². The lowest BCUT2D eigenvalue weighted by Gasteiger charge is -2.12. The molecule has 3 N–H and O–H groups in total. The molecule has 1 heterocycles. The number of benzene rings is 2. The van der Waals surface area contributed by atoms with Crippen molar-refractivity contribution in [2.75, 3.05) is 11.9 Å². The van der Waals surface area contributed by atoms with Gasteiger partial charge in [-0.2, -0.15) is 0 Å². The summed E-state index contributed by atoms with van der Waals surface area (Å²) in [6.45, 7) is 2.62. The molecule has 3 nitrogen and oxygen atoms in total. The van der Waals surface area contributed by atoms with Crippen LogP contribution in [-0.2, 0) is 6.42 Å². The minimum absolute atomic E-state index is 0.230. The van der Waals surface area contributed by atoms with Gasteiger partial charge in [0.25, 0.3) is 0 Å². The van der Waals surface area contributed by atoms with E-state index in [1.54, 1.807) is 12.1 Å². The highest BCUT2D eigenvalue weighted by molar-refractivity contribution is 7.80.